The van der Waals surface area contributed by atoms with Gasteiger partial charge in [0.05, 0.1) is 5.71 Å². The first-order valence-corrected chi connectivity index (χ1v) is 9.77. The molecule has 1 aromatic carbocycles. The van der Waals surface area contributed by atoms with Crippen molar-refractivity contribution in [2.75, 3.05) is 6.79 Å². The summed E-state index contributed by atoms with van der Waals surface area (Å²) >= 11 is 0. The second kappa shape index (κ2) is 6.39. The van der Waals surface area contributed by atoms with Crippen molar-refractivity contribution in [2.24, 2.45) is 21.9 Å². The summed E-state index contributed by atoms with van der Waals surface area (Å²) in [5.74, 6) is 1.68. The molecule has 4 rings (SSSR count). The minimum absolute atomic E-state index is 0.0746. The molecule has 1 aliphatic heterocycles. The molecule has 2 fully saturated rings. The molecule has 5 nitrogen and oxygen atoms in total. The van der Waals surface area contributed by atoms with Crippen molar-refractivity contribution in [3.05, 3.63) is 29.3 Å². The zero-order valence-corrected chi connectivity index (χ0v) is 16.5. The molecule has 2 saturated carbocycles. The molecule has 3 aliphatic rings. The van der Waals surface area contributed by atoms with E-state index < -0.39 is 0 Å². The third-order valence-corrected chi connectivity index (χ3v) is 6.81. The summed E-state index contributed by atoms with van der Waals surface area (Å²) < 4.78 is 10.9. The molecule has 5 heteroatoms. The van der Waals surface area contributed by atoms with Crippen LogP contribution in [-0.2, 0) is 9.63 Å². The molecule has 2 bridgehead atoms. The van der Waals surface area contributed by atoms with Crippen LogP contribution >= 0.6 is 0 Å². The standard InChI is InChI=1S/C22H27NO4/c1-5-6-19(24)27-23-20-15(16-9-10-22(20,4)21(16,2)3)11-14-7-8-17-18(12-14)26-13-25-17/h7-8,11-12,16H,5-6,9-10,13H2,1-4H3. The lowest BCUT2D eigenvalue weighted by Gasteiger charge is -2.33. The second-order valence-electron chi connectivity index (χ2n) is 8.51. The van der Waals surface area contributed by atoms with Crippen LogP contribution in [0.5, 0.6) is 11.5 Å². The highest BCUT2D eigenvalue weighted by Gasteiger charge is 2.62. The van der Waals surface area contributed by atoms with Crippen LogP contribution in [0.25, 0.3) is 6.08 Å². The van der Waals surface area contributed by atoms with Gasteiger partial charge in [0.2, 0.25) is 6.79 Å². The Labute approximate surface area is 160 Å². The summed E-state index contributed by atoms with van der Waals surface area (Å²) in [6.07, 6.45) is 5.51. The van der Waals surface area contributed by atoms with E-state index in [1.54, 1.807) is 0 Å². The average Bonchev–Trinajstić information content (AvgIpc) is 3.21. The van der Waals surface area contributed by atoms with Gasteiger partial charge >= 0.3 is 5.97 Å². The van der Waals surface area contributed by atoms with Crippen LogP contribution in [0.3, 0.4) is 0 Å². The monoisotopic (exact) mass is 369 g/mol. The summed E-state index contributed by atoms with van der Waals surface area (Å²) in [4.78, 5) is 17.2. The molecule has 27 heavy (non-hydrogen) atoms. The molecule has 2 aliphatic carbocycles. The molecule has 0 N–H and O–H groups in total. The van der Waals surface area contributed by atoms with Crippen LogP contribution in [0.2, 0.25) is 0 Å². The van der Waals surface area contributed by atoms with E-state index >= 15 is 0 Å². The highest BCUT2D eigenvalue weighted by Crippen LogP contribution is 2.66. The van der Waals surface area contributed by atoms with Crippen molar-refractivity contribution in [2.45, 2.75) is 53.4 Å². The number of fused-ring (bicyclic) bond motifs is 3. The van der Waals surface area contributed by atoms with Gasteiger partial charge in [-0.15, -0.1) is 0 Å². The first kappa shape index (κ1) is 18.1. The third kappa shape index (κ3) is 2.75. The molecular weight excluding hydrogens is 342 g/mol. The van der Waals surface area contributed by atoms with Crippen molar-refractivity contribution in [1.29, 1.82) is 0 Å². The molecule has 0 aromatic heterocycles. The maximum absolute atomic E-state index is 11.9. The number of carbonyl (C=O) groups is 1. The van der Waals surface area contributed by atoms with Crippen LogP contribution in [0, 0.1) is 16.7 Å². The van der Waals surface area contributed by atoms with Crippen molar-refractivity contribution in [3.63, 3.8) is 0 Å². The summed E-state index contributed by atoms with van der Waals surface area (Å²) in [5.41, 5.74) is 3.13. The van der Waals surface area contributed by atoms with E-state index in [4.69, 9.17) is 14.3 Å². The van der Waals surface area contributed by atoms with Crippen molar-refractivity contribution in [3.8, 4) is 11.5 Å². The molecule has 2 unspecified atom stereocenters. The lowest BCUT2D eigenvalue weighted by Crippen LogP contribution is -2.33. The molecule has 0 spiro atoms. The third-order valence-electron chi connectivity index (χ3n) is 6.81. The number of nitrogens with zero attached hydrogens (tertiary/aromatic N) is 1. The SMILES string of the molecule is CCCC(=O)ON=C1C(=Cc2ccc3c(c2)OCO3)C2CCC1(C)C2(C)C. The van der Waals surface area contributed by atoms with E-state index in [9.17, 15) is 4.79 Å². The Morgan fingerprint density at radius 1 is 1.30 bits per heavy atom. The summed E-state index contributed by atoms with van der Waals surface area (Å²) in [6, 6.07) is 5.97. The Balaban J connectivity index is 1.73. The van der Waals surface area contributed by atoms with E-state index in [0.717, 1.165) is 42.0 Å². The fraction of sp³-hybridized carbons (Fsp3) is 0.545. The normalized spacial score (nSPS) is 30.3. The number of benzene rings is 1. The van der Waals surface area contributed by atoms with Gasteiger partial charge in [-0.05, 0) is 59.9 Å². The number of ether oxygens (including phenoxy) is 2. The van der Waals surface area contributed by atoms with Crippen LogP contribution < -0.4 is 9.47 Å². The molecule has 0 saturated heterocycles. The predicted molar refractivity (Wildman–Crippen MR) is 104 cm³/mol. The first-order valence-electron chi connectivity index (χ1n) is 9.77. The molecule has 1 aromatic rings. The lowest BCUT2D eigenvalue weighted by molar-refractivity contribution is -0.143. The Morgan fingerprint density at radius 3 is 2.85 bits per heavy atom. The topological polar surface area (TPSA) is 57.1 Å². The summed E-state index contributed by atoms with van der Waals surface area (Å²) in [5, 5.41) is 4.38. The van der Waals surface area contributed by atoms with Crippen LogP contribution in [-0.4, -0.2) is 18.5 Å². The highest BCUT2D eigenvalue weighted by atomic mass is 16.7. The van der Waals surface area contributed by atoms with Gasteiger partial charge in [-0.2, -0.15) is 0 Å². The van der Waals surface area contributed by atoms with Gasteiger partial charge in [-0.1, -0.05) is 38.9 Å². The van der Waals surface area contributed by atoms with Gasteiger partial charge in [-0.3, -0.25) is 0 Å². The number of hydrogen-bond donors (Lipinski definition) is 0. The summed E-state index contributed by atoms with van der Waals surface area (Å²) in [7, 11) is 0. The highest BCUT2D eigenvalue weighted by molar-refractivity contribution is 6.11. The Bertz CT molecular complexity index is 839. The fourth-order valence-electron chi connectivity index (χ4n) is 4.80. The Hall–Kier alpha value is -2.30. The average molecular weight is 369 g/mol. The summed E-state index contributed by atoms with van der Waals surface area (Å²) in [6.45, 7) is 9.08. The van der Waals surface area contributed by atoms with Gasteiger partial charge in [0, 0.05) is 11.8 Å². The van der Waals surface area contributed by atoms with E-state index in [0.29, 0.717) is 12.3 Å². The van der Waals surface area contributed by atoms with Crippen LogP contribution in [0.15, 0.2) is 28.9 Å². The zero-order valence-electron chi connectivity index (χ0n) is 16.5. The van der Waals surface area contributed by atoms with Crippen molar-refractivity contribution in [1.82, 2.24) is 0 Å². The van der Waals surface area contributed by atoms with E-state index in [2.05, 4.69) is 32.0 Å². The van der Waals surface area contributed by atoms with Gasteiger partial charge < -0.3 is 14.3 Å². The second-order valence-corrected chi connectivity index (χ2v) is 8.51. The van der Waals surface area contributed by atoms with E-state index in [1.165, 1.54) is 5.57 Å². The molecule has 0 amide bonds. The quantitative estimate of drug-likeness (QED) is 0.556. The number of allylic oxidation sites excluding steroid dienone is 1. The maximum atomic E-state index is 11.9. The minimum atomic E-state index is -0.267. The smallest absolute Gasteiger partial charge is 0.335 e. The van der Waals surface area contributed by atoms with Gasteiger partial charge in [-0.25, -0.2) is 4.79 Å². The minimum Gasteiger partial charge on any atom is -0.454 e. The van der Waals surface area contributed by atoms with Gasteiger partial charge in [0.1, 0.15) is 0 Å². The van der Waals surface area contributed by atoms with Crippen LogP contribution in [0.4, 0.5) is 0 Å². The van der Waals surface area contributed by atoms with E-state index in [-0.39, 0.29) is 23.6 Å². The van der Waals surface area contributed by atoms with Gasteiger partial charge in [0.15, 0.2) is 11.5 Å². The number of carbonyl (C=O) groups excluding carboxylic acids is 1. The maximum Gasteiger partial charge on any atom is 0.335 e. The predicted octanol–water partition coefficient (Wildman–Crippen LogP) is 4.95. The molecular formula is C22H27NO4. The van der Waals surface area contributed by atoms with Crippen molar-refractivity contribution >= 4 is 17.8 Å². The number of hydrogen-bond acceptors (Lipinski definition) is 5. The number of oxime groups is 1. The largest absolute Gasteiger partial charge is 0.454 e. The van der Waals surface area contributed by atoms with E-state index in [1.807, 2.05) is 25.1 Å². The van der Waals surface area contributed by atoms with Crippen molar-refractivity contribution < 1.29 is 19.1 Å². The lowest BCUT2D eigenvalue weighted by atomic mass is 9.70. The van der Waals surface area contributed by atoms with Gasteiger partial charge in [0.25, 0.3) is 0 Å². The molecule has 0 radical (unpaired) electrons. The van der Waals surface area contributed by atoms with Crippen LogP contribution in [0.1, 0.15) is 58.9 Å². The fourth-order valence-corrected chi connectivity index (χ4v) is 4.80. The Kier molecular flexibility index (Phi) is 4.28. The Morgan fingerprint density at radius 2 is 2.07 bits per heavy atom. The molecule has 1 heterocycles. The number of rotatable bonds is 4. The first-order chi connectivity index (χ1) is 12.9. The molecule has 144 valence electrons. The molecule has 2 atom stereocenters. The zero-order chi connectivity index (χ0) is 19.2.